The molecule has 10 aromatic rings. The molecule has 0 aliphatic heterocycles. The first-order chi connectivity index (χ1) is 25.6. The van der Waals surface area contributed by atoms with Crippen molar-refractivity contribution in [1.82, 2.24) is 28.9 Å². The molecule has 0 saturated carbocycles. The number of furan rings is 1. The van der Waals surface area contributed by atoms with Crippen molar-refractivity contribution in [3.05, 3.63) is 167 Å². The molecule has 0 aliphatic rings. The van der Waals surface area contributed by atoms with Gasteiger partial charge in [-0.05, 0) is 59.7 Å². The van der Waals surface area contributed by atoms with Gasteiger partial charge in [0.15, 0.2) is 17.5 Å². The molecular formula is C42H24N6O3S. The van der Waals surface area contributed by atoms with Crippen LogP contribution in [0.5, 0.6) is 0 Å². The summed E-state index contributed by atoms with van der Waals surface area (Å²) in [6.45, 7) is 0. The molecule has 0 amide bonds. The Labute approximate surface area is 298 Å². The van der Waals surface area contributed by atoms with Crippen molar-refractivity contribution >= 4 is 48.5 Å². The fourth-order valence-electron chi connectivity index (χ4n) is 6.70. The van der Waals surface area contributed by atoms with Crippen LogP contribution in [0, 0.1) is 0 Å². The zero-order valence-corrected chi connectivity index (χ0v) is 28.0. The summed E-state index contributed by atoms with van der Waals surface area (Å²) in [7, 11) is 0. The molecule has 0 N–H and O–H groups in total. The van der Waals surface area contributed by atoms with Crippen LogP contribution in [-0.2, 0) is 0 Å². The molecule has 10 heteroatoms. The normalized spacial score (nSPS) is 11.6. The lowest BCUT2D eigenvalue weighted by Crippen LogP contribution is -2.37. The Morgan fingerprint density at radius 3 is 1.88 bits per heavy atom. The van der Waals surface area contributed by atoms with E-state index < -0.39 is 11.4 Å². The van der Waals surface area contributed by atoms with E-state index in [0.717, 1.165) is 59.0 Å². The summed E-state index contributed by atoms with van der Waals surface area (Å²) in [5, 5.41) is 1.83. The van der Waals surface area contributed by atoms with Crippen LogP contribution in [0.3, 0.4) is 0 Å². The average Bonchev–Trinajstić information content (AvgIpc) is 3.77. The third kappa shape index (κ3) is 4.84. The minimum absolute atomic E-state index is 0.367. The van der Waals surface area contributed by atoms with Gasteiger partial charge in [0.1, 0.15) is 11.2 Å². The lowest BCUT2D eigenvalue weighted by molar-refractivity contribution is 0.669. The predicted molar refractivity (Wildman–Crippen MR) is 205 cm³/mol. The first-order valence-corrected chi connectivity index (χ1v) is 17.4. The SMILES string of the molecule is O=c1nc2sc3ccccc3n2c(=O)n1-c1ccc(-c2cccc3oc4ccc(-c5nc(-c6ccccc6)nc(-c6ccccc6)n5)cc4c23)cc1. The van der Waals surface area contributed by atoms with E-state index in [2.05, 4.69) is 11.1 Å². The highest BCUT2D eigenvalue weighted by Gasteiger charge is 2.18. The minimum Gasteiger partial charge on any atom is -0.456 e. The Bertz CT molecular complexity index is 3050. The second-order valence-corrected chi connectivity index (χ2v) is 13.3. The van der Waals surface area contributed by atoms with E-state index in [1.165, 1.54) is 15.7 Å². The van der Waals surface area contributed by atoms with Gasteiger partial charge in [0.05, 0.1) is 15.9 Å². The average molecular weight is 693 g/mol. The van der Waals surface area contributed by atoms with Crippen LogP contribution in [0.4, 0.5) is 0 Å². The zero-order chi connectivity index (χ0) is 34.8. The number of hydrogen-bond donors (Lipinski definition) is 0. The molecule has 0 saturated heterocycles. The molecule has 246 valence electrons. The number of benzene rings is 6. The van der Waals surface area contributed by atoms with Gasteiger partial charge in [0.25, 0.3) is 0 Å². The number of thiazole rings is 1. The summed E-state index contributed by atoms with van der Waals surface area (Å²) in [5.41, 5.74) is 5.97. The fourth-order valence-corrected chi connectivity index (χ4v) is 7.70. The van der Waals surface area contributed by atoms with Crippen molar-refractivity contribution in [2.24, 2.45) is 0 Å². The van der Waals surface area contributed by atoms with Gasteiger partial charge in [-0.2, -0.15) is 4.98 Å². The van der Waals surface area contributed by atoms with Crippen LogP contribution in [0.2, 0.25) is 0 Å². The Kier molecular flexibility index (Phi) is 6.76. The first kappa shape index (κ1) is 29.8. The smallest absolute Gasteiger partial charge is 0.359 e. The molecule has 0 aliphatic carbocycles. The minimum atomic E-state index is -0.621. The molecule has 0 unspecified atom stereocenters. The van der Waals surface area contributed by atoms with Gasteiger partial charge in [-0.3, -0.25) is 0 Å². The Hall–Kier alpha value is -7.04. The molecule has 0 spiro atoms. The van der Waals surface area contributed by atoms with Crippen molar-refractivity contribution < 1.29 is 4.42 Å². The molecule has 52 heavy (non-hydrogen) atoms. The van der Waals surface area contributed by atoms with Crippen LogP contribution < -0.4 is 11.4 Å². The number of para-hydroxylation sites is 1. The number of aromatic nitrogens is 6. The van der Waals surface area contributed by atoms with E-state index in [9.17, 15) is 9.59 Å². The molecule has 10 rings (SSSR count). The molecule has 4 heterocycles. The van der Waals surface area contributed by atoms with E-state index in [0.29, 0.717) is 33.6 Å². The van der Waals surface area contributed by atoms with Gasteiger partial charge in [-0.1, -0.05) is 108 Å². The van der Waals surface area contributed by atoms with Crippen molar-refractivity contribution in [1.29, 1.82) is 0 Å². The standard InChI is InChI=1S/C42H24N6O3S/c49-40-46-41-48(32-15-7-8-17-35(32)52-41)42(50)47(40)29-21-18-25(19-22-29)30-14-9-16-34-36(30)31-24-28(20-23-33(31)51-34)39-44-37(26-10-3-1-4-11-26)43-38(45-39)27-12-5-2-6-13-27/h1-24H. The van der Waals surface area contributed by atoms with Crippen molar-refractivity contribution in [2.45, 2.75) is 0 Å². The number of fused-ring (bicyclic) bond motifs is 6. The molecule has 0 bridgehead atoms. The quantitative estimate of drug-likeness (QED) is 0.177. The molecule has 0 fully saturated rings. The van der Waals surface area contributed by atoms with E-state index in [1.807, 2.05) is 127 Å². The number of hydrogen-bond acceptors (Lipinski definition) is 8. The van der Waals surface area contributed by atoms with Crippen LogP contribution in [0.1, 0.15) is 0 Å². The topological polar surface area (TPSA) is 108 Å². The van der Waals surface area contributed by atoms with Crippen molar-refractivity contribution in [2.75, 3.05) is 0 Å². The summed E-state index contributed by atoms with van der Waals surface area (Å²) in [6.07, 6.45) is 0. The predicted octanol–water partition coefficient (Wildman–Crippen LogP) is 8.81. The molecule has 4 aromatic heterocycles. The first-order valence-electron chi connectivity index (χ1n) is 16.6. The van der Waals surface area contributed by atoms with Gasteiger partial charge >= 0.3 is 11.4 Å². The Morgan fingerprint density at radius 1 is 0.538 bits per heavy atom. The largest absolute Gasteiger partial charge is 0.456 e. The van der Waals surface area contributed by atoms with E-state index in [-0.39, 0.29) is 0 Å². The molecule has 0 atom stereocenters. The monoisotopic (exact) mass is 692 g/mol. The van der Waals surface area contributed by atoms with Crippen LogP contribution >= 0.6 is 11.3 Å². The summed E-state index contributed by atoms with van der Waals surface area (Å²) >= 11 is 1.31. The van der Waals surface area contributed by atoms with Gasteiger partial charge in [0.2, 0.25) is 4.96 Å². The van der Waals surface area contributed by atoms with E-state index in [4.69, 9.17) is 19.4 Å². The summed E-state index contributed by atoms with van der Waals surface area (Å²) in [5.74, 6) is 1.72. The van der Waals surface area contributed by atoms with Crippen LogP contribution in [0.25, 0.3) is 88.1 Å². The highest BCUT2D eigenvalue weighted by molar-refractivity contribution is 7.23. The van der Waals surface area contributed by atoms with Gasteiger partial charge in [-0.15, -0.1) is 0 Å². The van der Waals surface area contributed by atoms with Crippen LogP contribution in [-0.4, -0.2) is 28.9 Å². The lowest BCUT2D eigenvalue weighted by atomic mass is 9.98. The van der Waals surface area contributed by atoms with Gasteiger partial charge in [-0.25, -0.2) is 33.5 Å². The molecule has 9 nitrogen and oxygen atoms in total. The second-order valence-electron chi connectivity index (χ2n) is 12.3. The highest BCUT2D eigenvalue weighted by atomic mass is 32.1. The van der Waals surface area contributed by atoms with Crippen molar-refractivity contribution in [3.63, 3.8) is 0 Å². The van der Waals surface area contributed by atoms with E-state index >= 15 is 0 Å². The maximum absolute atomic E-state index is 13.7. The van der Waals surface area contributed by atoms with E-state index in [1.54, 1.807) is 12.1 Å². The lowest BCUT2D eigenvalue weighted by Gasteiger charge is -2.09. The fraction of sp³-hybridized carbons (Fsp3) is 0. The van der Waals surface area contributed by atoms with Gasteiger partial charge in [0, 0.05) is 27.5 Å². The summed E-state index contributed by atoms with van der Waals surface area (Å²) in [4.78, 5) is 46.1. The third-order valence-corrected chi connectivity index (χ3v) is 10.2. The van der Waals surface area contributed by atoms with Crippen molar-refractivity contribution in [3.8, 4) is 51.0 Å². The molecule has 0 radical (unpaired) electrons. The summed E-state index contributed by atoms with van der Waals surface area (Å²) < 4.78 is 9.81. The maximum atomic E-state index is 13.7. The Balaban J connectivity index is 1.10. The zero-order valence-electron chi connectivity index (χ0n) is 27.2. The molecule has 6 aromatic carbocycles. The number of rotatable bonds is 5. The summed E-state index contributed by atoms with van der Waals surface area (Å²) in [6, 6.07) is 46.6. The van der Waals surface area contributed by atoms with Gasteiger partial charge < -0.3 is 4.42 Å². The maximum Gasteiger partial charge on any atom is 0.359 e. The highest BCUT2D eigenvalue weighted by Crippen LogP contribution is 2.38. The number of nitrogens with zero attached hydrogens (tertiary/aromatic N) is 6. The molecular weight excluding hydrogens is 669 g/mol. The third-order valence-electron chi connectivity index (χ3n) is 9.15. The second kappa shape index (κ2) is 11.8. The Morgan fingerprint density at radius 2 is 1.17 bits per heavy atom. The van der Waals surface area contributed by atoms with Crippen LogP contribution in [0.15, 0.2) is 160 Å².